The van der Waals surface area contributed by atoms with E-state index in [4.69, 9.17) is 38.3 Å². The Balaban J connectivity index is 1.47. The number of carbonyl (C=O) groups excluding carboxylic acids is 1. The number of carbonyl (C=O) groups is 2. The summed E-state index contributed by atoms with van der Waals surface area (Å²) in [5.41, 5.74) is 1.89. The number of hydrogen-bond acceptors (Lipinski definition) is 6. The Morgan fingerprint density at radius 1 is 1.24 bits per heavy atom. The van der Waals surface area contributed by atoms with Crippen molar-refractivity contribution in [3.63, 3.8) is 0 Å². The van der Waals surface area contributed by atoms with Gasteiger partial charge in [0.1, 0.15) is 12.4 Å². The van der Waals surface area contributed by atoms with Crippen molar-refractivity contribution in [3.05, 3.63) is 51.8 Å². The fourth-order valence-electron chi connectivity index (χ4n) is 3.76. The summed E-state index contributed by atoms with van der Waals surface area (Å²) in [6.07, 6.45) is 4.72. The Bertz CT molecular complexity index is 1030. The highest BCUT2D eigenvalue weighted by molar-refractivity contribution is 6.38. The molecule has 2 N–H and O–H groups in total. The fourth-order valence-corrected chi connectivity index (χ4v) is 4.36. The molecule has 1 aromatic carbocycles. The second-order valence-electron chi connectivity index (χ2n) is 7.68. The number of anilines is 1. The number of pyridine rings is 1. The lowest BCUT2D eigenvalue weighted by molar-refractivity contribution is -0.137. The molecule has 174 valence electrons. The Hall–Kier alpha value is -3.02. The summed E-state index contributed by atoms with van der Waals surface area (Å²) in [5, 5.41) is 21.9. The minimum atomic E-state index is -0.905. The number of amides is 1. The Kier molecular flexibility index (Phi) is 8.75. The van der Waals surface area contributed by atoms with Crippen LogP contribution >= 0.6 is 23.2 Å². The molecule has 8 nitrogen and oxygen atoms in total. The summed E-state index contributed by atoms with van der Waals surface area (Å²) in [6.45, 7) is 1.83. The van der Waals surface area contributed by atoms with E-state index in [-0.39, 0.29) is 24.9 Å². The van der Waals surface area contributed by atoms with Gasteiger partial charge in [0.15, 0.2) is 0 Å². The minimum Gasteiger partial charge on any atom is -0.491 e. The number of benzene rings is 1. The minimum absolute atomic E-state index is 0.0341. The van der Waals surface area contributed by atoms with Crippen LogP contribution in [0.25, 0.3) is 0 Å². The lowest BCUT2D eigenvalue weighted by Gasteiger charge is -2.33. The summed E-state index contributed by atoms with van der Waals surface area (Å²) in [4.78, 5) is 29.5. The van der Waals surface area contributed by atoms with Gasteiger partial charge >= 0.3 is 5.97 Å². The third kappa shape index (κ3) is 6.73. The predicted molar refractivity (Wildman–Crippen MR) is 125 cm³/mol. The smallest absolute Gasteiger partial charge is 0.303 e. The van der Waals surface area contributed by atoms with Crippen molar-refractivity contribution in [3.8, 4) is 11.8 Å². The molecule has 1 aliphatic rings. The number of aromatic nitrogens is 1. The topological polar surface area (TPSA) is 116 Å². The third-order valence-corrected chi connectivity index (χ3v) is 6.03. The number of rotatable bonds is 9. The summed E-state index contributed by atoms with van der Waals surface area (Å²) >= 11 is 12.5. The largest absolute Gasteiger partial charge is 0.491 e. The number of carboxylic acids is 1. The van der Waals surface area contributed by atoms with E-state index in [0.717, 1.165) is 5.69 Å². The quantitative estimate of drug-likeness (QED) is 0.514. The summed E-state index contributed by atoms with van der Waals surface area (Å²) < 4.78 is 5.75. The summed E-state index contributed by atoms with van der Waals surface area (Å²) in [5.74, 6) is -0.600. The van der Waals surface area contributed by atoms with Gasteiger partial charge in [-0.15, -0.1) is 0 Å². The van der Waals surface area contributed by atoms with Crippen molar-refractivity contribution in [2.24, 2.45) is 5.92 Å². The number of aliphatic carboxylic acids is 1. The number of hydrogen-bond donors (Lipinski definition) is 2. The Morgan fingerprint density at radius 3 is 2.58 bits per heavy atom. The van der Waals surface area contributed by atoms with Crippen LogP contribution in [0, 0.1) is 17.2 Å². The zero-order valence-electron chi connectivity index (χ0n) is 17.9. The van der Waals surface area contributed by atoms with Gasteiger partial charge in [-0.05, 0) is 37.0 Å². The van der Waals surface area contributed by atoms with Gasteiger partial charge in [-0.25, -0.2) is 0 Å². The van der Waals surface area contributed by atoms with Crippen LogP contribution in [-0.4, -0.2) is 48.2 Å². The van der Waals surface area contributed by atoms with Crippen LogP contribution in [0.4, 0.5) is 5.69 Å². The van der Waals surface area contributed by atoms with Gasteiger partial charge in [0.05, 0.1) is 33.9 Å². The van der Waals surface area contributed by atoms with Gasteiger partial charge in [-0.3, -0.25) is 14.6 Å². The summed E-state index contributed by atoms with van der Waals surface area (Å²) in [7, 11) is 0. The molecule has 33 heavy (non-hydrogen) atoms. The predicted octanol–water partition coefficient (Wildman–Crippen LogP) is 3.69. The number of halogens is 2. The molecule has 0 aliphatic carbocycles. The SMILES string of the molecule is N#Cc1ccc(CCC(=O)O)c(OCCNC(=O)C2CCN(c3c(Cl)cncc3Cl)CC2)c1. The number of carboxylic acid groups (broad SMARTS) is 1. The lowest BCUT2D eigenvalue weighted by Crippen LogP contribution is -2.41. The molecule has 0 spiro atoms. The average Bonchev–Trinajstić information content (AvgIpc) is 2.81. The molecule has 1 aliphatic heterocycles. The number of nitrogens with one attached hydrogen (secondary N) is 1. The molecule has 0 atom stereocenters. The van der Waals surface area contributed by atoms with Gasteiger partial charge < -0.3 is 20.1 Å². The van der Waals surface area contributed by atoms with Crippen molar-refractivity contribution in [1.29, 1.82) is 5.26 Å². The molecule has 0 radical (unpaired) electrons. The number of nitrogens with zero attached hydrogens (tertiary/aromatic N) is 3. The molecule has 3 rings (SSSR count). The monoisotopic (exact) mass is 490 g/mol. The van der Waals surface area contributed by atoms with Crippen LogP contribution < -0.4 is 15.0 Å². The third-order valence-electron chi connectivity index (χ3n) is 5.47. The van der Waals surface area contributed by atoms with Crippen molar-refractivity contribution in [2.75, 3.05) is 31.1 Å². The Morgan fingerprint density at radius 2 is 1.94 bits per heavy atom. The molecule has 1 fully saturated rings. The van der Waals surface area contributed by atoms with E-state index in [1.165, 1.54) is 0 Å². The van der Waals surface area contributed by atoms with E-state index in [0.29, 0.717) is 65.8 Å². The number of ether oxygens (including phenoxy) is 1. The van der Waals surface area contributed by atoms with E-state index < -0.39 is 5.97 Å². The molecule has 10 heteroatoms. The first-order valence-electron chi connectivity index (χ1n) is 10.6. The zero-order valence-corrected chi connectivity index (χ0v) is 19.4. The van der Waals surface area contributed by atoms with Gasteiger partial charge in [0.2, 0.25) is 5.91 Å². The number of nitriles is 1. The van der Waals surface area contributed by atoms with Crippen molar-refractivity contribution < 1.29 is 19.4 Å². The van der Waals surface area contributed by atoms with Gasteiger partial charge in [0.25, 0.3) is 0 Å². The molecule has 0 unspecified atom stereocenters. The van der Waals surface area contributed by atoms with E-state index in [9.17, 15) is 9.59 Å². The first kappa shape index (κ1) is 24.6. The van der Waals surface area contributed by atoms with Gasteiger partial charge in [0, 0.05) is 37.8 Å². The first-order chi connectivity index (χ1) is 15.9. The Labute approximate surface area is 202 Å². The molecular weight excluding hydrogens is 467 g/mol. The molecule has 1 aromatic heterocycles. The number of piperidine rings is 1. The standard InChI is InChI=1S/C23H24Cl2N4O4/c24-18-13-27-14-19(25)22(18)29-8-5-17(6-9-29)23(32)28-7-10-33-20-11-15(12-26)1-2-16(20)3-4-21(30)31/h1-2,11,13-14,17H,3-10H2,(H,28,32)(H,30,31). The molecule has 2 heterocycles. The fraction of sp³-hybridized carbons (Fsp3) is 0.391. The second kappa shape index (κ2) is 11.7. The molecule has 2 aromatic rings. The number of aryl methyl sites for hydroxylation is 1. The molecule has 0 bridgehead atoms. The summed E-state index contributed by atoms with van der Waals surface area (Å²) in [6, 6.07) is 6.96. The maximum atomic E-state index is 12.6. The van der Waals surface area contributed by atoms with Crippen LogP contribution in [0.1, 0.15) is 30.4 Å². The molecule has 1 amide bonds. The maximum absolute atomic E-state index is 12.6. The van der Waals surface area contributed by atoms with Crippen LogP contribution in [0.5, 0.6) is 5.75 Å². The molecule has 1 saturated heterocycles. The average molecular weight is 491 g/mol. The van der Waals surface area contributed by atoms with Crippen LogP contribution in [-0.2, 0) is 16.0 Å². The van der Waals surface area contributed by atoms with Gasteiger partial charge in [-0.1, -0.05) is 29.3 Å². The van der Waals surface area contributed by atoms with Crippen molar-refractivity contribution >= 4 is 40.8 Å². The molecule has 0 saturated carbocycles. The molecular formula is C23H24Cl2N4O4. The van der Waals surface area contributed by atoms with Crippen LogP contribution in [0.15, 0.2) is 30.6 Å². The van der Waals surface area contributed by atoms with Crippen LogP contribution in [0.2, 0.25) is 10.0 Å². The van der Waals surface area contributed by atoms with E-state index in [1.807, 2.05) is 6.07 Å². The van der Waals surface area contributed by atoms with Gasteiger partial charge in [-0.2, -0.15) is 5.26 Å². The maximum Gasteiger partial charge on any atom is 0.303 e. The van der Waals surface area contributed by atoms with Crippen molar-refractivity contribution in [1.82, 2.24) is 10.3 Å². The van der Waals surface area contributed by atoms with E-state index in [1.54, 1.807) is 30.6 Å². The van der Waals surface area contributed by atoms with Crippen LogP contribution in [0.3, 0.4) is 0 Å². The highest BCUT2D eigenvalue weighted by Gasteiger charge is 2.27. The second-order valence-corrected chi connectivity index (χ2v) is 8.50. The lowest BCUT2D eigenvalue weighted by atomic mass is 9.95. The normalized spacial score (nSPS) is 13.9. The van der Waals surface area contributed by atoms with E-state index in [2.05, 4.69) is 15.2 Å². The first-order valence-corrected chi connectivity index (χ1v) is 11.3. The van der Waals surface area contributed by atoms with E-state index >= 15 is 0 Å². The highest BCUT2D eigenvalue weighted by Crippen LogP contribution is 2.35. The zero-order chi connectivity index (χ0) is 23.8. The highest BCUT2D eigenvalue weighted by atomic mass is 35.5. The van der Waals surface area contributed by atoms with Crippen molar-refractivity contribution in [2.45, 2.75) is 25.7 Å².